The van der Waals surface area contributed by atoms with E-state index in [0.29, 0.717) is 0 Å². The summed E-state index contributed by atoms with van der Waals surface area (Å²) in [5, 5.41) is 8.43. The van der Waals surface area contributed by atoms with Gasteiger partial charge in [-0.05, 0) is 25.5 Å². The molecule has 0 saturated carbocycles. The number of likely N-dealkylation sites (N-methyl/N-ethyl adjacent to an activating group) is 1. The molecule has 102 valence electrons. The molecule has 0 radical (unpaired) electrons. The Balaban J connectivity index is 2.23. The van der Waals surface area contributed by atoms with Gasteiger partial charge in [0.2, 0.25) is 0 Å². The van der Waals surface area contributed by atoms with E-state index in [1.54, 1.807) is 6.20 Å². The number of rotatable bonds is 5. The first-order valence-electron chi connectivity index (χ1n) is 6.58. The van der Waals surface area contributed by atoms with Gasteiger partial charge in [0, 0.05) is 7.05 Å². The van der Waals surface area contributed by atoms with Crippen LogP contribution in [0.4, 0.5) is 0 Å². The summed E-state index contributed by atoms with van der Waals surface area (Å²) in [4.78, 5) is 0. The Morgan fingerprint density at radius 1 is 1.32 bits per heavy atom. The Hall–Kier alpha value is -1.32. The Morgan fingerprint density at radius 3 is 2.53 bits per heavy atom. The molecule has 1 unspecified atom stereocenters. The molecule has 0 aliphatic carbocycles. The van der Waals surface area contributed by atoms with Crippen LogP contribution in [-0.2, 0) is 13.5 Å². The van der Waals surface area contributed by atoms with E-state index < -0.39 is 0 Å². The summed E-state index contributed by atoms with van der Waals surface area (Å²) in [7, 11) is 1.93. The molecule has 0 amide bonds. The summed E-state index contributed by atoms with van der Waals surface area (Å²) in [6.07, 6.45) is 2.61. The molecule has 2 aromatic rings. The van der Waals surface area contributed by atoms with Crippen LogP contribution in [0, 0.1) is 6.92 Å². The van der Waals surface area contributed by atoms with Crippen molar-refractivity contribution >= 4 is 11.6 Å². The minimum atomic E-state index is 0.188. The van der Waals surface area contributed by atoms with Crippen LogP contribution in [0.1, 0.15) is 29.8 Å². The predicted molar refractivity (Wildman–Crippen MR) is 79.5 cm³/mol. The molecule has 0 aliphatic heterocycles. The van der Waals surface area contributed by atoms with Gasteiger partial charge in [-0.1, -0.05) is 48.4 Å². The molecule has 0 spiro atoms. The van der Waals surface area contributed by atoms with Crippen LogP contribution in [0.2, 0.25) is 5.02 Å². The first-order chi connectivity index (χ1) is 9.11. The maximum absolute atomic E-state index is 6.24. The molecule has 19 heavy (non-hydrogen) atoms. The lowest BCUT2D eigenvalue weighted by molar-refractivity contribution is 0.508. The zero-order chi connectivity index (χ0) is 13.8. The van der Waals surface area contributed by atoms with Crippen LogP contribution in [-0.4, -0.2) is 16.3 Å². The summed E-state index contributed by atoms with van der Waals surface area (Å²) in [5.41, 5.74) is 3.63. The summed E-state index contributed by atoms with van der Waals surface area (Å²) in [5.74, 6) is 0. The number of aryl methyl sites for hydroxylation is 2. The maximum atomic E-state index is 6.24. The van der Waals surface area contributed by atoms with Gasteiger partial charge in [0.05, 0.1) is 23.0 Å². The SMILES string of the molecule is CCNC(Cc1ccc(C)cc1)c1c(Cl)cnn1C. The molecule has 1 atom stereocenters. The average Bonchev–Trinajstić information content (AvgIpc) is 2.71. The third-order valence-corrected chi connectivity index (χ3v) is 3.57. The Kier molecular flexibility index (Phi) is 4.61. The number of aromatic nitrogens is 2. The zero-order valence-corrected chi connectivity index (χ0v) is 12.4. The molecule has 0 aliphatic rings. The van der Waals surface area contributed by atoms with E-state index in [1.165, 1.54) is 11.1 Å². The molecule has 4 heteroatoms. The summed E-state index contributed by atoms with van der Waals surface area (Å²) >= 11 is 6.24. The second-order valence-electron chi connectivity index (χ2n) is 4.80. The fourth-order valence-electron chi connectivity index (χ4n) is 2.28. The first kappa shape index (κ1) is 14.1. The van der Waals surface area contributed by atoms with Crippen molar-refractivity contribution in [3.05, 3.63) is 52.3 Å². The highest BCUT2D eigenvalue weighted by molar-refractivity contribution is 6.31. The van der Waals surface area contributed by atoms with E-state index >= 15 is 0 Å². The highest BCUT2D eigenvalue weighted by Crippen LogP contribution is 2.25. The van der Waals surface area contributed by atoms with Crippen molar-refractivity contribution in [2.45, 2.75) is 26.3 Å². The number of benzene rings is 1. The van der Waals surface area contributed by atoms with Crippen molar-refractivity contribution in [1.29, 1.82) is 0 Å². The van der Waals surface area contributed by atoms with Crippen LogP contribution in [0.5, 0.6) is 0 Å². The van der Waals surface area contributed by atoms with Crippen LogP contribution >= 0.6 is 11.6 Å². The van der Waals surface area contributed by atoms with Crippen LogP contribution in [0.25, 0.3) is 0 Å². The molecule has 2 rings (SSSR count). The molecule has 3 nitrogen and oxygen atoms in total. The summed E-state index contributed by atoms with van der Waals surface area (Å²) in [6.45, 7) is 5.11. The van der Waals surface area contributed by atoms with Crippen molar-refractivity contribution in [3.8, 4) is 0 Å². The van der Waals surface area contributed by atoms with Gasteiger partial charge in [0.1, 0.15) is 0 Å². The normalized spacial score (nSPS) is 12.6. The van der Waals surface area contributed by atoms with Crippen molar-refractivity contribution in [3.63, 3.8) is 0 Å². The third-order valence-electron chi connectivity index (χ3n) is 3.28. The van der Waals surface area contributed by atoms with Gasteiger partial charge < -0.3 is 5.32 Å². The Labute approximate surface area is 119 Å². The van der Waals surface area contributed by atoms with E-state index in [9.17, 15) is 0 Å². The second kappa shape index (κ2) is 6.22. The Morgan fingerprint density at radius 2 is 2.00 bits per heavy atom. The van der Waals surface area contributed by atoms with E-state index in [0.717, 1.165) is 23.7 Å². The number of halogens is 1. The molecule has 0 saturated heterocycles. The molecule has 1 aromatic heterocycles. The fourth-order valence-corrected chi connectivity index (χ4v) is 2.58. The van der Waals surface area contributed by atoms with E-state index in [4.69, 9.17) is 11.6 Å². The van der Waals surface area contributed by atoms with Crippen LogP contribution in [0.3, 0.4) is 0 Å². The summed E-state index contributed by atoms with van der Waals surface area (Å²) in [6, 6.07) is 8.81. The molecule has 0 bridgehead atoms. The second-order valence-corrected chi connectivity index (χ2v) is 5.21. The van der Waals surface area contributed by atoms with Crippen molar-refractivity contribution < 1.29 is 0 Å². The van der Waals surface area contributed by atoms with Crippen molar-refractivity contribution in [1.82, 2.24) is 15.1 Å². The van der Waals surface area contributed by atoms with Crippen molar-refractivity contribution in [2.75, 3.05) is 6.54 Å². The first-order valence-corrected chi connectivity index (χ1v) is 6.96. The van der Waals surface area contributed by atoms with Crippen LogP contribution in [0.15, 0.2) is 30.5 Å². The quantitative estimate of drug-likeness (QED) is 0.909. The topological polar surface area (TPSA) is 29.9 Å². The van der Waals surface area contributed by atoms with E-state index in [2.05, 4.69) is 48.5 Å². The molecule has 1 N–H and O–H groups in total. The van der Waals surface area contributed by atoms with Gasteiger partial charge in [-0.15, -0.1) is 0 Å². The molecular weight excluding hydrogens is 258 g/mol. The van der Waals surface area contributed by atoms with E-state index in [-0.39, 0.29) is 6.04 Å². The average molecular weight is 278 g/mol. The van der Waals surface area contributed by atoms with Gasteiger partial charge in [-0.25, -0.2) is 0 Å². The number of hydrogen-bond acceptors (Lipinski definition) is 2. The largest absolute Gasteiger partial charge is 0.309 e. The van der Waals surface area contributed by atoms with Crippen molar-refractivity contribution in [2.24, 2.45) is 7.05 Å². The minimum absolute atomic E-state index is 0.188. The standard InChI is InChI=1S/C15H20ClN3/c1-4-17-14(15-13(16)10-18-19(15)3)9-12-7-5-11(2)6-8-12/h5-8,10,14,17H,4,9H2,1-3H3. The van der Waals surface area contributed by atoms with Crippen LogP contribution < -0.4 is 5.32 Å². The molecular formula is C15H20ClN3. The maximum Gasteiger partial charge on any atom is 0.0834 e. The van der Waals surface area contributed by atoms with Gasteiger partial charge in [-0.3, -0.25) is 4.68 Å². The predicted octanol–water partition coefficient (Wildman–Crippen LogP) is 3.28. The van der Waals surface area contributed by atoms with Gasteiger partial charge in [0.15, 0.2) is 0 Å². The lowest BCUT2D eigenvalue weighted by Gasteiger charge is -2.19. The smallest absolute Gasteiger partial charge is 0.0834 e. The highest BCUT2D eigenvalue weighted by atomic mass is 35.5. The van der Waals surface area contributed by atoms with E-state index in [1.807, 2.05) is 11.7 Å². The van der Waals surface area contributed by atoms with Gasteiger partial charge in [0.25, 0.3) is 0 Å². The molecule has 1 heterocycles. The molecule has 1 aromatic carbocycles. The highest BCUT2D eigenvalue weighted by Gasteiger charge is 2.18. The number of hydrogen-bond donors (Lipinski definition) is 1. The van der Waals surface area contributed by atoms with Gasteiger partial charge >= 0.3 is 0 Å². The minimum Gasteiger partial charge on any atom is -0.309 e. The third kappa shape index (κ3) is 3.37. The number of nitrogens with one attached hydrogen (secondary N) is 1. The lowest BCUT2D eigenvalue weighted by atomic mass is 10.0. The molecule has 0 fully saturated rings. The monoisotopic (exact) mass is 277 g/mol. The lowest BCUT2D eigenvalue weighted by Crippen LogP contribution is -2.25. The fraction of sp³-hybridized carbons (Fsp3) is 0.400. The number of nitrogens with zero attached hydrogens (tertiary/aromatic N) is 2. The zero-order valence-electron chi connectivity index (χ0n) is 11.7. The van der Waals surface area contributed by atoms with Gasteiger partial charge in [-0.2, -0.15) is 5.10 Å². The Bertz CT molecular complexity index is 511. The summed E-state index contributed by atoms with van der Waals surface area (Å²) < 4.78 is 1.85.